The SMILES string of the molecule is CN(C)C(=O)C1CN(C(=O)CCn2cnc3sc4c(c3c2=O)CCCC4)c2ccccc2O1. The second-order valence-electron chi connectivity index (χ2n) is 8.70. The number of hydrogen-bond acceptors (Lipinski definition) is 6. The van der Waals surface area contributed by atoms with Crippen LogP contribution in [0.25, 0.3) is 10.2 Å². The van der Waals surface area contributed by atoms with Crippen LogP contribution in [0.5, 0.6) is 5.75 Å². The fourth-order valence-electron chi connectivity index (χ4n) is 4.58. The molecule has 1 aliphatic carbocycles. The third-order valence-electron chi connectivity index (χ3n) is 6.30. The standard InChI is InChI=1S/C24H26N4O4S/c1-26(2)23(30)18-13-28(16-8-4-5-9-17(16)32-18)20(29)11-12-27-14-25-22-21(24(27)31)15-7-3-6-10-19(15)33-22/h4-5,8-9,14,18H,3,6-7,10-13H2,1-2H3. The molecular weight excluding hydrogens is 440 g/mol. The molecule has 9 heteroatoms. The fraction of sp³-hybridized carbons (Fsp3) is 0.417. The van der Waals surface area contributed by atoms with Crippen LogP contribution in [0.3, 0.4) is 0 Å². The van der Waals surface area contributed by atoms with E-state index in [0.29, 0.717) is 11.4 Å². The van der Waals surface area contributed by atoms with Crippen LogP contribution in [0, 0.1) is 0 Å². The second kappa shape index (κ2) is 8.62. The largest absolute Gasteiger partial charge is 0.476 e. The molecule has 0 fully saturated rings. The van der Waals surface area contributed by atoms with Crippen molar-refractivity contribution in [3.8, 4) is 5.75 Å². The molecule has 3 heterocycles. The van der Waals surface area contributed by atoms with Crippen molar-refractivity contribution < 1.29 is 14.3 Å². The van der Waals surface area contributed by atoms with Gasteiger partial charge in [-0.25, -0.2) is 4.98 Å². The molecule has 33 heavy (non-hydrogen) atoms. The van der Waals surface area contributed by atoms with Crippen LogP contribution in [-0.2, 0) is 29.0 Å². The van der Waals surface area contributed by atoms with Gasteiger partial charge in [0.15, 0.2) is 6.10 Å². The average molecular weight is 467 g/mol. The molecule has 1 atom stereocenters. The van der Waals surface area contributed by atoms with Gasteiger partial charge in [-0.05, 0) is 43.4 Å². The molecule has 0 saturated carbocycles. The van der Waals surface area contributed by atoms with E-state index in [1.54, 1.807) is 48.8 Å². The molecule has 0 spiro atoms. The van der Waals surface area contributed by atoms with Gasteiger partial charge in [0.05, 0.1) is 23.9 Å². The summed E-state index contributed by atoms with van der Waals surface area (Å²) in [7, 11) is 3.33. The summed E-state index contributed by atoms with van der Waals surface area (Å²) in [6, 6.07) is 7.21. The van der Waals surface area contributed by atoms with Crippen LogP contribution < -0.4 is 15.2 Å². The first-order chi connectivity index (χ1) is 15.9. The zero-order chi connectivity index (χ0) is 23.1. The topological polar surface area (TPSA) is 84.7 Å². The van der Waals surface area contributed by atoms with Gasteiger partial charge in [0.1, 0.15) is 10.6 Å². The van der Waals surface area contributed by atoms with E-state index in [0.717, 1.165) is 41.5 Å². The molecule has 172 valence electrons. The second-order valence-corrected chi connectivity index (χ2v) is 9.78. The highest BCUT2D eigenvalue weighted by Gasteiger charge is 2.34. The number of hydrogen-bond donors (Lipinski definition) is 0. The molecule has 0 bridgehead atoms. The first-order valence-electron chi connectivity index (χ1n) is 11.2. The molecule has 0 saturated heterocycles. The van der Waals surface area contributed by atoms with E-state index in [-0.39, 0.29) is 36.9 Å². The van der Waals surface area contributed by atoms with E-state index >= 15 is 0 Å². The lowest BCUT2D eigenvalue weighted by Crippen LogP contribution is -2.50. The number of likely N-dealkylation sites (N-methyl/N-ethyl adjacent to an activating group) is 1. The van der Waals surface area contributed by atoms with Crippen LogP contribution in [0.1, 0.15) is 29.7 Å². The number of rotatable bonds is 4. The van der Waals surface area contributed by atoms with Gasteiger partial charge in [-0.3, -0.25) is 19.0 Å². The number of carbonyl (C=O) groups is 2. The Morgan fingerprint density at radius 2 is 2.00 bits per heavy atom. The molecule has 0 N–H and O–H groups in total. The van der Waals surface area contributed by atoms with E-state index in [4.69, 9.17) is 4.74 Å². The molecule has 0 radical (unpaired) electrons. The minimum atomic E-state index is -0.767. The van der Waals surface area contributed by atoms with E-state index < -0.39 is 6.10 Å². The summed E-state index contributed by atoms with van der Waals surface area (Å²) in [5.41, 5.74) is 1.71. The molecule has 2 aliphatic rings. The van der Waals surface area contributed by atoms with Crippen molar-refractivity contribution in [2.24, 2.45) is 0 Å². The minimum Gasteiger partial charge on any atom is -0.476 e. The Balaban J connectivity index is 1.38. The van der Waals surface area contributed by atoms with Gasteiger partial charge in [-0.1, -0.05) is 12.1 Å². The molecule has 2 aromatic heterocycles. The van der Waals surface area contributed by atoms with Gasteiger partial charge in [-0.15, -0.1) is 11.3 Å². The Kier molecular flexibility index (Phi) is 5.65. The number of anilines is 1. The third-order valence-corrected chi connectivity index (χ3v) is 7.50. The number of benzene rings is 1. The quantitative estimate of drug-likeness (QED) is 0.590. The summed E-state index contributed by atoms with van der Waals surface area (Å²) < 4.78 is 7.40. The maximum Gasteiger partial charge on any atom is 0.265 e. The van der Waals surface area contributed by atoms with Crippen LogP contribution in [-0.4, -0.2) is 53.0 Å². The normalized spacial score (nSPS) is 17.3. The van der Waals surface area contributed by atoms with Crippen molar-refractivity contribution >= 4 is 39.1 Å². The Morgan fingerprint density at radius 1 is 1.21 bits per heavy atom. The number of aryl methyl sites for hydroxylation is 3. The molecule has 1 aliphatic heterocycles. The van der Waals surface area contributed by atoms with Gasteiger partial charge < -0.3 is 14.5 Å². The molecule has 1 aromatic carbocycles. The smallest absolute Gasteiger partial charge is 0.265 e. The zero-order valence-corrected chi connectivity index (χ0v) is 19.6. The van der Waals surface area contributed by atoms with Gasteiger partial charge in [0.25, 0.3) is 11.5 Å². The monoisotopic (exact) mass is 466 g/mol. The number of amides is 2. The number of fused-ring (bicyclic) bond motifs is 4. The van der Waals surface area contributed by atoms with Gasteiger partial charge >= 0.3 is 0 Å². The first-order valence-corrected chi connectivity index (χ1v) is 12.0. The highest BCUT2D eigenvalue weighted by molar-refractivity contribution is 7.18. The Morgan fingerprint density at radius 3 is 2.82 bits per heavy atom. The van der Waals surface area contributed by atoms with Crippen LogP contribution in [0.15, 0.2) is 35.4 Å². The van der Waals surface area contributed by atoms with Crippen molar-refractivity contribution in [3.05, 3.63) is 51.4 Å². The predicted molar refractivity (Wildman–Crippen MR) is 127 cm³/mol. The summed E-state index contributed by atoms with van der Waals surface area (Å²) >= 11 is 1.62. The molecule has 1 unspecified atom stereocenters. The van der Waals surface area contributed by atoms with E-state index in [1.807, 2.05) is 12.1 Å². The third kappa shape index (κ3) is 3.90. The molecule has 8 nitrogen and oxygen atoms in total. The molecular formula is C24H26N4O4S. The highest BCUT2D eigenvalue weighted by atomic mass is 32.1. The molecule has 3 aromatic rings. The van der Waals surface area contributed by atoms with Crippen LogP contribution in [0.4, 0.5) is 5.69 Å². The summed E-state index contributed by atoms with van der Waals surface area (Å²) in [5, 5.41) is 0.720. The summed E-state index contributed by atoms with van der Waals surface area (Å²) in [5.74, 6) is 0.138. The number of ether oxygens (including phenoxy) is 1. The number of carbonyl (C=O) groups excluding carboxylic acids is 2. The van der Waals surface area contributed by atoms with Crippen molar-refractivity contribution in [1.29, 1.82) is 0 Å². The maximum absolute atomic E-state index is 13.2. The van der Waals surface area contributed by atoms with Crippen molar-refractivity contribution in [3.63, 3.8) is 0 Å². The predicted octanol–water partition coefficient (Wildman–Crippen LogP) is 2.61. The Labute approximate surface area is 195 Å². The van der Waals surface area contributed by atoms with Crippen molar-refractivity contribution in [2.45, 2.75) is 44.8 Å². The van der Waals surface area contributed by atoms with Gasteiger partial charge in [0, 0.05) is 31.9 Å². The molecule has 2 amide bonds. The summed E-state index contributed by atoms with van der Waals surface area (Å²) in [6.45, 7) is 0.369. The zero-order valence-electron chi connectivity index (χ0n) is 18.7. The number of aromatic nitrogens is 2. The average Bonchev–Trinajstić information content (AvgIpc) is 3.21. The van der Waals surface area contributed by atoms with Crippen molar-refractivity contribution in [2.75, 3.05) is 25.5 Å². The van der Waals surface area contributed by atoms with Crippen molar-refractivity contribution in [1.82, 2.24) is 14.5 Å². The lowest BCUT2D eigenvalue weighted by atomic mass is 9.97. The van der Waals surface area contributed by atoms with Crippen LogP contribution in [0.2, 0.25) is 0 Å². The Hall–Kier alpha value is -3.20. The first kappa shape index (κ1) is 21.6. The number of nitrogens with zero attached hydrogens (tertiary/aromatic N) is 4. The highest BCUT2D eigenvalue weighted by Crippen LogP contribution is 2.35. The van der Waals surface area contributed by atoms with E-state index in [2.05, 4.69) is 4.98 Å². The van der Waals surface area contributed by atoms with E-state index in [1.165, 1.54) is 14.3 Å². The van der Waals surface area contributed by atoms with Crippen LogP contribution >= 0.6 is 11.3 Å². The summed E-state index contributed by atoms with van der Waals surface area (Å²) in [4.78, 5) is 48.6. The summed E-state index contributed by atoms with van der Waals surface area (Å²) in [6.07, 6.45) is 5.08. The number of para-hydroxylation sites is 2. The minimum absolute atomic E-state index is 0.0739. The lowest BCUT2D eigenvalue weighted by Gasteiger charge is -2.35. The number of thiophene rings is 1. The lowest BCUT2D eigenvalue weighted by molar-refractivity contribution is -0.136. The van der Waals surface area contributed by atoms with E-state index in [9.17, 15) is 14.4 Å². The Bertz CT molecular complexity index is 1300. The van der Waals surface area contributed by atoms with Gasteiger partial charge in [-0.2, -0.15) is 0 Å². The molecule has 5 rings (SSSR count). The maximum atomic E-state index is 13.2. The van der Waals surface area contributed by atoms with Gasteiger partial charge in [0.2, 0.25) is 5.91 Å². The fourth-order valence-corrected chi connectivity index (χ4v) is 5.80.